The van der Waals surface area contributed by atoms with Crippen LogP contribution < -0.4 is 0 Å². The molecule has 0 unspecified atom stereocenters. The molecule has 0 aromatic carbocycles. The van der Waals surface area contributed by atoms with Gasteiger partial charge in [0.25, 0.3) is 0 Å². The molecule has 8 heteroatoms. The summed E-state index contributed by atoms with van der Waals surface area (Å²) in [5.41, 5.74) is -0.395. The second-order valence-corrected chi connectivity index (χ2v) is 6.62. The van der Waals surface area contributed by atoms with Crippen LogP contribution in [0.1, 0.15) is 4.88 Å². The number of amides is 1. The summed E-state index contributed by atoms with van der Waals surface area (Å²) in [6, 6.07) is 1.83. The molecule has 0 spiro atoms. The van der Waals surface area contributed by atoms with Crippen LogP contribution in [0, 0.1) is 0 Å². The maximum Gasteiger partial charge on any atom is 0.228 e. The van der Waals surface area contributed by atoms with E-state index in [0.717, 1.165) is 10.4 Å². The zero-order valence-electron chi connectivity index (χ0n) is 11.4. The number of hydrogen-bond donors (Lipinski definition) is 0. The smallest absolute Gasteiger partial charge is 0.228 e. The maximum absolute atomic E-state index is 13.5. The summed E-state index contributed by atoms with van der Waals surface area (Å²) >= 11 is 7.21. The Hall–Kier alpha value is -1.60. The van der Waals surface area contributed by atoms with E-state index >= 15 is 0 Å². The van der Waals surface area contributed by atoms with Crippen molar-refractivity contribution in [1.82, 2.24) is 14.9 Å². The van der Waals surface area contributed by atoms with E-state index in [1.807, 2.05) is 11.4 Å². The van der Waals surface area contributed by atoms with Crippen molar-refractivity contribution in [3.63, 3.8) is 0 Å². The van der Waals surface area contributed by atoms with Crippen LogP contribution in [0.5, 0.6) is 0 Å². The van der Waals surface area contributed by atoms with Crippen LogP contribution in [0.2, 0.25) is 5.15 Å². The van der Waals surface area contributed by atoms with Gasteiger partial charge >= 0.3 is 0 Å². The summed E-state index contributed by atoms with van der Waals surface area (Å²) in [6.45, 7) is -1.38. The topological polar surface area (TPSA) is 46.1 Å². The van der Waals surface area contributed by atoms with Gasteiger partial charge in [-0.1, -0.05) is 11.6 Å². The summed E-state index contributed by atoms with van der Waals surface area (Å²) in [7, 11) is 0. The Kier molecular flexibility index (Phi) is 4.10. The number of aromatic nitrogens is 2. The van der Waals surface area contributed by atoms with Crippen molar-refractivity contribution in [3.05, 3.63) is 33.9 Å². The van der Waals surface area contributed by atoms with E-state index in [9.17, 15) is 13.6 Å². The molecule has 1 amide bonds. The highest BCUT2D eigenvalue weighted by molar-refractivity contribution is 7.10. The first-order valence-corrected chi connectivity index (χ1v) is 7.83. The standard InChI is InChI=1S/C14H12ClF2N3OS/c15-12-4-18-3-11(19-12)9-1-10(22-5-9)2-13(21)20-7-14(17,6-16)8-20/h1,3-5H,2,6-8H2. The number of hydrogen-bond acceptors (Lipinski definition) is 4. The van der Waals surface area contributed by atoms with Gasteiger partial charge in [0, 0.05) is 15.8 Å². The molecule has 1 saturated heterocycles. The second kappa shape index (κ2) is 5.89. The summed E-state index contributed by atoms with van der Waals surface area (Å²) in [4.78, 5) is 22.3. The molecule has 0 bridgehead atoms. The first-order valence-electron chi connectivity index (χ1n) is 6.57. The third-order valence-electron chi connectivity index (χ3n) is 3.42. The minimum absolute atomic E-state index is 0.166. The van der Waals surface area contributed by atoms with Crippen LogP contribution in [0.15, 0.2) is 23.8 Å². The van der Waals surface area contributed by atoms with Crippen molar-refractivity contribution in [1.29, 1.82) is 0 Å². The molecule has 0 radical (unpaired) electrons. The normalized spacial score (nSPS) is 16.4. The molecule has 2 aromatic heterocycles. The van der Waals surface area contributed by atoms with Crippen LogP contribution in [0.25, 0.3) is 11.3 Å². The van der Waals surface area contributed by atoms with Gasteiger partial charge < -0.3 is 4.90 Å². The molecule has 2 aromatic rings. The Morgan fingerprint density at radius 1 is 1.45 bits per heavy atom. The SMILES string of the molecule is O=C(Cc1cc(-c2cncc(Cl)n2)cs1)N1CC(F)(CF)C1. The Morgan fingerprint density at radius 2 is 2.23 bits per heavy atom. The van der Waals surface area contributed by atoms with Gasteiger partial charge in [-0.15, -0.1) is 11.3 Å². The largest absolute Gasteiger partial charge is 0.336 e. The highest BCUT2D eigenvalue weighted by Crippen LogP contribution is 2.29. The van der Waals surface area contributed by atoms with Crippen LogP contribution >= 0.6 is 22.9 Å². The fourth-order valence-electron chi connectivity index (χ4n) is 2.25. The number of alkyl halides is 2. The van der Waals surface area contributed by atoms with E-state index < -0.39 is 12.3 Å². The number of nitrogens with zero attached hydrogens (tertiary/aromatic N) is 3. The molecule has 116 valence electrons. The zero-order valence-corrected chi connectivity index (χ0v) is 13.0. The number of carbonyl (C=O) groups excluding carboxylic acids is 1. The highest BCUT2D eigenvalue weighted by Gasteiger charge is 2.45. The van der Waals surface area contributed by atoms with Gasteiger partial charge in [0.15, 0.2) is 5.67 Å². The molecule has 0 saturated carbocycles. The fraction of sp³-hybridized carbons (Fsp3) is 0.357. The Labute approximate surface area is 134 Å². The summed E-state index contributed by atoms with van der Waals surface area (Å²) in [5, 5.41) is 2.16. The maximum atomic E-state index is 13.5. The number of thiophene rings is 1. The van der Waals surface area contributed by atoms with E-state index in [2.05, 4.69) is 9.97 Å². The lowest BCUT2D eigenvalue weighted by molar-refractivity contribution is -0.145. The van der Waals surface area contributed by atoms with Crippen molar-refractivity contribution >= 4 is 28.8 Å². The molecule has 0 N–H and O–H groups in total. The molecule has 22 heavy (non-hydrogen) atoms. The molecular formula is C14H12ClF2N3OS. The molecule has 1 aliphatic rings. The van der Waals surface area contributed by atoms with Gasteiger partial charge in [-0.3, -0.25) is 9.78 Å². The molecule has 3 heterocycles. The average Bonchev–Trinajstić information content (AvgIpc) is 2.92. The minimum atomic E-state index is -1.85. The Balaban J connectivity index is 1.64. The monoisotopic (exact) mass is 343 g/mol. The van der Waals surface area contributed by atoms with Gasteiger partial charge in [0.2, 0.25) is 5.91 Å². The van der Waals surface area contributed by atoms with Gasteiger partial charge in [-0.05, 0) is 6.07 Å². The summed E-state index contributed by atoms with van der Waals surface area (Å²) in [6.07, 6.45) is 3.20. The summed E-state index contributed by atoms with van der Waals surface area (Å²) < 4.78 is 25.8. The van der Waals surface area contributed by atoms with E-state index in [1.165, 1.54) is 22.4 Å². The van der Waals surface area contributed by atoms with Gasteiger partial charge in [-0.25, -0.2) is 13.8 Å². The second-order valence-electron chi connectivity index (χ2n) is 5.24. The predicted octanol–water partition coefficient (Wildman–Crippen LogP) is 2.92. The average molecular weight is 344 g/mol. The third-order valence-corrected chi connectivity index (χ3v) is 4.54. The van der Waals surface area contributed by atoms with Gasteiger partial charge in [0.1, 0.15) is 11.8 Å². The summed E-state index contributed by atoms with van der Waals surface area (Å²) in [5.74, 6) is -0.202. The lowest BCUT2D eigenvalue weighted by Gasteiger charge is -2.42. The Bertz CT molecular complexity index is 703. The number of carbonyl (C=O) groups is 1. The van der Waals surface area contributed by atoms with Crippen LogP contribution in [0.4, 0.5) is 8.78 Å². The van der Waals surface area contributed by atoms with Crippen LogP contribution in [0.3, 0.4) is 0 Å². The molecule has 1 fully saturated rings. The van der Waals surface area contributed by atoms with Crippen molar-refractivity contribution in [2.75, 3.05) is 19.8 Å². The van der Waals surface area contributed by atoms with Gasteiger partial charge in [-0.2, -0.15) is 0 Å². The predicted molar refractivity (Wildman–Crippen MR) is 80.5 cm³/mol. The van der Waals surface area contributed by atoms with E-state index in [-0.39, 0.29) is 25.4 Å². The quantitative estimate of drug-likeness (QED) is 0.857. The van der Waals surface area contributed by atoms with E-state index in [1.54, 1.807) is 6.20 Å². The van der Waals surface area contributed by atoms with Crippen LogP contribution in [-0.4, -0.2) is 46.2 Å². The lowest BCUT2D eigenvalue weighted by atomic mass is 9.97. The minimum Gasteiger partial charge on any atom is -0.336 e. The van der Waals surface area contributed by atoms with Crippen molar-refractivity contribution in [2.24, 2.45) is 0 Å². The first-order chi connectivity index (χ1) is 10.5. The Morgan fingerprint density at radius 3 is 2.91 bits per heavy atom. The number of halogens is 3. The van der Waals surface area contributed by atoms with Crippen LogP contribution in [-0.2, 0) is 11.2 Å². The van der Waals surface area contributed by atoms with Crippen molar-refractivity contribution in [3.8, 4) is 11.3 Å². The molecule has 3 rings (SSSR count). The van der Waals surface area contributed by atoms with E-state index in [4.69, 9.17) is 11.6 Å². The molecule has 0 atom stereocenters. The first kappa shape index (κ1) is 15.3. The van der Waals surface area contributed by atoms with Crippen molar-refractivity contribution in [2.45, 2.75) is 12.1 Å². The molecule has 1 aliphatic heterocycles. The van der Waals surface area contributed by atoms with E-state index in [0.29, 0.717) is 10.8 Å². The molecule has 0 aliphatic carbocycles. The van der Waals surface area contributed by atoms with Gasteiger partial charge in [0.05, 0.1) is 37.6 Å². The third kappa shape index (κ3) is 3.10. The number of rotatable bonds is 4. The fourth-order valence-corrected chi connectivity index (χ4v) is 3.26. The molecule has 4 nitrogen and oxygen atoms in total. The highest BCUT2D eigenvalue weighted by atomic mass is 35.5. The number of likely N-dealkylation sites (tertiary alicyclic amines) is 1. The van der Waals surface area contributed by atoms with Crippen molar-refractivity contribution < 1.29 is 13.6 Å². The molecular weight excluding hydrogens is 332 g/mol. The zero-order chi connectivity index (χ0) is 15.7. The lowest BCUT2D eigenvalue weighted by Crippen LogP contribution is -2.62.